The third-order valence-corrected chi connectivity index (χ3v) is 3.68. The lowest BCUT2D eigenvalue weighted by molar-refractivity contribution is 0.505. The Kier molecular flexibility index (Phi) is 5.15. The van der Waals surface area contributed by atoms with Gasteiger partial charge in [-0.25, -0.2) is 4.98 Å². The highest BCUT2D eigenvalue weighted by molar-refractivity contribution is 6.30. The van der Waals surface area contributed by atoms with Gasteiger partial charge in [-0.2, -0.15) is 5.10 Å². The van der Waals surface area contributed by atoms with Crippen LogP contribution in [0.15, 0.2) is 24.5 Å². The van der Waals surface area contributed by atoms with Crippen molar-refractivity contribution >= 4 is 11.6 Å². The summed E-state index contributed by atoms with van der Waals surface area (Å²) in [6.07, 6.45) is 3.49. The van der Waals surface area contributed by atoms with Crippen molar-refractivity contribution in [2.24, 2.45) is 7.05 Å². The van der Waals surface area contributed by atoms with E-state index < -0.39 is 0 Å². The highest BCUT2D eigenvalue weighted by atomic mass is 35.5. The number of nitrogens with one attached hydrogen (secondary N) is 1. The zero-order valence-electron chi connectivity index (χ0n) is 12.2. The van der Waals surface area contributed by atoms with Crippen molar-refractivity contribution in [1.82, 2.24) is 20.1 Å². The van der Waals surface area contributed by atoms with Crippen LogP contribution in [0.1, 0.15) is 36.3 Å². The quantitative estimate of drug-likeness (QED) is 0.890. The Morgan fingerprint density at radius 3 is 2.85 bits per heavy atom. The molecule has 4 nitrogen and oxygen atoms in total. The van der Waals surface area contributed by atoms with E-state index in [0.717, 1.165) is 30.2 Å². The van der Waals surface area contributed by atoms with Crippen LogP contribution in [0.3, 0.4) is 0 Å². The predicted octanol–water partition coefficient (Wildman–Crippen LogP) is 3.06. The third kappa shape index (κ3) is 3.58. The Morgan fingerprint density at radius 2 is 2.20 bits per heavy atom. The van der Waals surface area contributed by atoms with Crippen LogP contribution >= 0.6 is 11.6 Å². The molecule has 0 fully saturated rings. The zero-order chi connectivity index (χ0) is 14.5. The number of hydrogen-bond donors (Lipinski definition) is 1. The first-order valence-electron chi connectivity index (χ1n) is 6.94. The van der Waals surface area contributed by atoms with Crippen LogP contribution in [0.5, 0.6) is 0 Å². The lowest BCUT2D eigenvalue weighted by atomic mass is 9.98. The van der Waals surface area contributed by atoms with Gasteiger partial charge in [-0.15, -0.1) is 0 Å². The van der Waals surface area contributed by atoms with Gasteiger partial charge in [-0.1, -0.05) is 24.6 Å². The SMILES string of the molecule is CCCNC(Cc1ncnn1C)c1cc(Cl)ccc1C. The summed E-state index contributed by atoms with van der Waals surface area (Å²) in [7, 11) is 1.92. The summed E-state index contributed by atoms with van der Waals surface area (Å²) in [4.78, 5) is 4.32. The second-order valence-electron chi connectivity index (χ2n) is 5.01. The van der Waals surface area contributed by atoms with Gasteiger partial charge >= 0.3 is 0 Å². The standard InChI is InChI=1S/C15H21ClN4/c1-4-7-17-14(9-15-18-10-19-20(15)3)13-8-12(16)6-5-11(13)2/h5-6,8,10,14,17H,4,7,9H2,1-3H3. The number of aryl methyl sites for hydroxylation is 2. The van der Waals surface area contributed by atoms with Crippen LogP contribution < -0.4 is 5.32 Å². The molecule has 1 heterocycles. The average Bonchev–Trinajstić information content (AvgIpc) is 2.83. The van der Waals surface area contributed by atoms with E-state index in [1.54, 1.807) is 6.33 Å². The lowest BCUT2D eigenvalue weighted by Gasteiger charge is -2.21. The molecule has 2 aromatic rings. The Morgan fingerprint density at radius 1 is 1.40 bits per heavy atom. The van der Waals surface area contributed by atoms with Crippen LogP contribution in [0.25, 0.3) is 0 Å². The van der Waals surface area contributed by atoms with Gasteiger partial charge in [0.1, 0.15) is 12.2 Å². The Labute approximate surface area is 125 Å². The van der Waals surface area contributed by atoms with Crippen LogP contribution in [0, 0.1) is 6.92 Å². The smallest absolute Gasteiger partial charge is 0.138 e. The fraction of sp³-hybridized carbons (Fsp3) is 0.467. The summed E-state index contributed by atoms with van der Waals surface area (Å²) in [6.45, 7) is 5.24. The molecule has 0 spiro atoms. The Bertz CT molecular complexity index is 565. The van der Waals surface area contributed by atoms with E-state index in [1.807, 2.05) is 23.9 Å². The maximum atomic E-state index is 6.15. The van der Waals surface area contributed by atoms with E-state index in [0.29, 0.717) is 0 Å². The molecule has 0 bridgehead atoms. The maximum Gasteiger partial charge on any atom is 0.138 e. The summed E-state index contributed by atoms with van der Waals surface area (Å²) in [5, 5.41) is 8.49. The number of benzene rings is 1. The second-order valence-corrected chi connectivity index (χ2v) is 5.45. The van der Waals surface area contributed by atoms with Crippen molar-refractivity contribution in [3.8, 4) is 0 Å². The van der Waals surface area contributed by atoms with Gasteiger partial charge < -0.3 is 5.32 Å². The predicted molar refractivity (Wildman–Crippen MR) is 81.9 cm³/mol. The molecule has 5 heteroatoms. The molecular formula is C15H21ClN4. The number of nitrogens with zero attached hydrogens (tertiary/aromatic N) is 3. The first kappa shape index (κ1) is 15.0. The minimum atomic E-state index is 0.205. The minimum absolute atomic E-state index is 0.205. The van der Waals surface area contributed by atoms with E-state index in [4.69, 9.17) is 11.6 Å². The molecule has 1 N–H and O–H groups in total. The highest BCUT2D eigenvalue weighted by Crippen LogP contribution is 2.24. The topological polar surface area (TPSA) is 42.7 Å². The summed E-state index contributed by atoms with van der Waals surface area (Å²) >= 11 is 6.15. The lowest BCUT2D eigenvalue weighted by Crippen LogP contribution is -2.26. The van der Waals surface area contributed by atoms with E-state index in [2.05, 4.69) is 35.3 Å². The molecule has 0 amide bonds. The van der Waals surface area contributed by atoms with Gasteiger partial charge in [0.25, 0.3) is 0 Å². The first-order chi connectivity index (χ1) is 9.61. The van der Waals surface area contributed by atoms with Crippen molar-refractivity contribution in [1.29, 1.82) is 0 Å². The molecule has 108 valence electrons. The van der Waals surface area contributed by atoms with Crippen LogP contribution in [0.2, 0.25) is 5.02 Å². The van der Waals surface area contributed by atoms with Gasteiger partial charge in [-0.3, -0.25) is 4.68 Å². The average molecular weight is 293 g/mol. The van der Waals surface area contributed by atoms with Crippen molar-refractivity contribution in [2.45, 2.75) is 32.7 Å². The first-order valence-corrected chi connectivity index (χ1v) is 7.32. The van der Waals surface area contributed by atoms with Crippen LogP contribution in [-0.4, -0.2) is 21.3 Å². The second kappa shape index (κ2) is 6.86. The van der Waals surface area contributed by atoms with Crippen molar-refractivity contribution in [3.05, 3.63) is 46.5 Å². The summed E-state index contributed by atoms with van der Waals surface area (Å²) in [5.74, 6) is 0.970. The maximum absolute atomic E-state index is 6.15. The van der Waals surface area contributed by atoms with Gasteiger partial charge in [0.2, 0.25) is 0 Å². The molecule has 1 atom stereocenters. The third-order valence-electron chi connectivity index (χ3n) is 3.45. The summed E-state index contributed by atoms with van der Waals surface area (Å²) in [6, 6.07) is 6.24. The normalized spacial score (nSPS) is 12.6. The van der Waals surface area contributed by atoms with Crippen molar-refractivity contribution in [2.75, 3.05) is 6.54 Å². The van der Waals surface area contributed by atoms with Gasteiger partial charge in [0, 0.05) is 24.5 Å². The number of rotatable bonds is 6. The molecule has 0 radical (unpaired) electrons. The molecule has 1 aromatic carbocycles. The van der Waals surface area contributed by atoms with E-state index in [9.17, 15) is 0 Å². The van der Waals surface area contributed by atoms with Crippen LogP contribution in [0.4, 0.5) is 0 Å². The van der Waals surface area contributed by atoms with Crippen molar-refractivity contribution in [3.63, 3.8) is 0 Å². The Hall–Kier alpha value is -1.39. The summed E-state index contributed by atoms with van der Waals surface area (Å²) in [5.41, 5.74) is 2.47. The summed E-state index contributed by atoms with van der Waals surface area (Å²) < 4.78 is 1.82. The fourth-order valence-corrected chi connectivity index (χ4v) is 2.47. The monoisotopic (exact) mass is 292 g/mol. The van der Waals surface area contributed by atoms with Gasteiger partial charge in [-0.05, 0) is 43.1 Å². The largest absolute Gasteiger partial charge is 0.310 e. The molecule has 20 heavy (non-hydrogen) atoms. The van der Waals surface area contributed by atoms with E-state index in [1.165, 1.54) is 11.1 Å². The molecule has 0 aliphatic carbocycles. The number of aromatic nitrogens is 3. The molecule has 0 aliphatic heterocycles. The molecule has 0 saturated heterocycles. The highest BCUT2D eigenvalue weighted by Gasteiger charge is 2.16. The van der Waals surface area contributed by atoms with Crippen LogP contribution in [-0.2, 0) is 13.5 Å². The molecule has 2 rings (SSSR count). The van der Waals surface area contributed by atoms with Gasteiger partial charge in [0.15, 0.2) is 0 Å². The van der Waals surface area contributed by atoms with Crippen molar-refractivity contribution < 1.29 is 0 Å². The fourth-order valence-electron chi connectivity index (χ4n) is 2.28. The Balaban J connectivity index is 2.27. The number of hydrogen-bond acceptors (Lipinski definition) is 3. The molecule has 0 saturated carbocycles. The molecule has 0 aliphatic rings. The molecule has 1 aromatic heterocycles. The minimum Gasteiger partial charge on any atom is -0.310 e. The van der Waals surface area contributed by atoms with Gasteiger partial charge in [0.05, 0.1) is 0 Å². The number of halogens is 1. The molecule has 1 unspecified atom stereocenters. The zero-order valence-corrected chi connectivity index (χ0v) is 13.0. The van der Waals surface area contributed by atoms with E-state index in [-0.39, 0.29) is 6.04 Å². The molecular weight excluding hydrogens is 272 g/mol. The van der Waals surface area contributed by atoms with E-state index >= 15 is 0 Å².